The van der Waals surface area contributed by atoms with Crippen molar-refractivity contribution in [1.29, 1.82) is 5.41 Å². The van der Waals surface area contributed by atoms with Crippen molar-refractivity contribution in [3.05, 3.63) is 29.6 Å². The minimum Gasteiger partial charge on any atom is -0.378 e. The molecule has 3 heterocycles. The topological polar surface area (TPSA) is 133 Å². The van der Waals surface area contributed by atoms with Crippen LogP contribution in [-0.2, 0) is 14.3 Å². The highest BCUT2D eigenvalue weighted by molar-refractivity contribution is 6.18. The summed E-state index contributed by atoms with van der Waals surface area (Å²) in [6.07, 6.45) is 2.64. The Morgan fingerprint density at radius 2 is 2.13 bits per heavy atom. The molecule has 2 aromatic rings. The molecule has 2 amide bonds. The van der Waals surface area contributed by atoms with Gasteiger partial charge in [0, 0.05) is 50.8 Å². The first-order valence-corrected chi connectivity index (χ1v) is 9.78. The van der Waals surface area contributed by atoms with E-state index in [9.17, 15) is 9.59 Å². The van der Waals surface area contributed by atoms with Gasteiger partial charge in [0.15, 0.2) is 5.65 Å². The summed E-state index contributed by atoms with van der Waals surface area (Å²) in [6, 6.07) is 3.41. The van der Waals surface area contributed by atoms with Crippen molar-refractivity contribution in [2.24, 2.45) is 0 Å². The van der Waals surface area contributed by atoms with E-state index in [0.717, 1.165) is 12.8 Å². The number of fused-ring (bicyclic) bond motifs is 1. The van der Waals surface area contributed by atoms with Crippen molar-refractivity contribution in [2.45, 2.75) is 6.92 Å². The summed E-state index contributed by atoms with van der Waals surface area (Å²) < 4.78 is 6.89. The number of quaternary nitrogens is 1. The Kier molecular flexibility index (Phi) is 6.75. The lowest BCUT2D eigenvalue weighted by Crippen LogP contribution is -2.80. The maximum atomic E-state index is 12.9. The number of carbonyl (C=O) groups is 2. The van der Waals surface area contributed by atoms with Crippen LogP contribution in [0.2, 0.25) is 0 Å². The number of ether oxygens (including phenoxy) is 1. The van der Waals surface area contributed by atoms with E-state index in [0.29, 0.717) is 43.6 Å². The second-order valence-electron chi connectivity index (χ2n) is 6.76. The number of nitrogens with two attached hydrogens (primary N) is 1. The van der Waals surface area contributed by atoms with E-state index in [1.54, 1.807) is 34.8 Å². The van der Waals surface area contributed by atoms with Gasteiger partial charge in [0.2, 0.25) is 11.6 Å². The molecule has 160 valence electrons. The maximum absolute atomic E-state index is 12.9. The van der Waals surface area contributed by atoms with Gasteiger partial charge in [-0.3, -0.25) is 9.59 Å². The van der Waals surface area contributed by atoms with Gasteiger partial charge < -0.3 is 30.6 Å². The van der Waals surface area contributed by atoms with Gasteiger partial charge in [-0.15, -0.1) is 5.10 Å². The van der Waals surface area contributed by atoms with Crippen molar-refractivity contribution in [1.82, 2.24) is 19.5 Å². The molecule has 0 unspecified atom stereocenters. The molecule has 0 aromatic carbocycles. The molecule has 0 atom stereocenters. The largest absolute Gasteiger partial charge is 0.378 e. The van der Waals surface area contributed by atoms with Gasteiger partial charge in [-0.1, -0.05) is 0 Å². The zero-order chi connectivity index (χ0) is 21.7. The lowest BCUT2D eigenvalue weighted by atomic mass is 10.1. The fraction of sp³-hybridized carbons (Fsp3) is 0.421. The lowest BCUT2D eigenvalue weighted by molar-refractivity contribution is -0.570. The monoisotopic (exact) mass is 415 g/mol. The van der Waals surface area contributed by atoms with E-state index in [1.165, 1.54) is 5.32 Å². The first-order valence-electron chi connectivity index (χ1n) is 9.78. The highest BCUT2D eigenvalue weighted by Crippen LogP contribution is 2.15. The average molecular weight is 415 g/mol. The number of nitrogens with one attached hydrogen (secondary N) is 2. The summed E-state index contributed by atoms with van der Waals surface area (Å²) in [5.74, 6) is -0.227. The predicted molar refractivity (Wildman–Crippen MR) is 112 cm³/mol. The molecule has 3 rings (SSSR count). The SMILES string of the molecule is CCN(C)c1nc2cc(NC(=O)/C([NH2+]C)=C(/C=N)C(=O)N3CCOCC3)ccn2n1. The second-order valence-corrected chi connectivity index (χ2v) is 6.76. The third-order valence-electron chi connectivity index (χ3n) is 4.90. The first-order chi connectivity index (χ1) is 14.5. The molecule has 0 aliphatic carbocycles. The minimum absolute atomic E-state index is 0.0484. The van der Waals surface area contributed by atoms with Gasteiger partial charge in [-0.25, -0.2) is 4.52 Å². The number of hydrogen-bond donors (Lipinski definition) is 3. The normalized spacial score (nSPS) is 15.0. The van der Waals surface area contributed by atoms with Gasteiger partial charge >= 0.3 is 5.91 Å². The number of rotatable bonds is 7. The minimum atomic E-state index is -0.465. The number of morpholine rings is 1. The third kappa shape index (κ3) is 4.47. The summed E-state index contributed by atoms with van der Waals surface area (Å²) in [5.41, 5.74) is 1.31. The van der Waals surface area contributed by atoms with Crippen LogP contribution >= 0.6 is 0 Å². The first kappa shape index (κ1) is 21.4. The molecule has 1 saturated heterocycles. The van der Waals surface area contributed by atoms with Gasteiger partial charge in [0.25, 0.3) is 5.91 Å². The Labute approximate surface area is 174 Å². The number of pyridine rings is 1. The smallest absolute Gasteiger partial charge is 0.310 e. The Bertz CT molecular complexity index is 977. The van der Waals surface area contributed by atoms with Crippen LogP contribution in [-0.4, -0.2) is 84.5 Å². The van der Waals surface area contributed by atoms with Crippen molar-refractivity contribution in [3.63, 3.8) is 0 Å². The van der Waals surface area contributed by atoms with Gasteiger partial charge in [-0.05, 0) is 13.0 Å². The molecule has 11 nitrogen and oxygen atoms in total. The molecule has 11 heteroatoms. The quantitative estimate of drug-likeness (QED) is 0.396. The molecule has 1 fully saturated rings. The predicted octanol–water partition coefficient (Wildman–Crippen LogP) is -0.920. The number of hydrogen-bond acceptors (Lipinski definition) is 7. The molecular weight excluding hydrogens is 388 g/mol. The van der Waals surface area contributed by atoms with Gasteiger partial charge in [0.05, 0.1) is 20.3 Å². The number of aromatic nitrogens is 3. The van der Waals surface area contributed by atoms with Crippen molar-refractivity contribution < 1.29 is 19.6 Å². The van der Waals surface area contributed by atoms with Crippen LogP contribution in [0.5, 0.6) is 0 Å². The highest BCUT2D eigenvalue weighted by atomic mass is 16.5. The Hall–Kier alpha value is -3.31. The molecular formula is C19H27N8O3+. The molecule has 30 heavy (non-hydrogen) atoms. The summed E-state index contributed by atoms with van der Waals surface area (Å²) in [4.78, 5) is 33.6. The highest BCUT2D eigenvalue weighted by Gasteiger charge is 2.27. The molecule has 2 aromatic heterocycles. The van der Waals surface area contributed by atoms with Crippen LogP contribution in [0.3, 0.4) is 0 Å². The summed E-state index contributed by atoms with van der Waals surface area (Å²) in [6.45, 7) is 4.54. The number of likely N-dealkylation sites (N-methyl/N-ethyl adjacent to an activating group) is 1. The average Bonchev–Trinajstić information content (AvgIpc) is 3.20. The third-order valence-corrected chi connectivity index (χ3v) is 4.90. The summed E-state index contributed by atoms with van der Waals surface area (Å²) in [7, 11) is 3.57. The number of nitrogens with zero attached hydrogens (tertiary/aromatic N) is 5. The van der Waals surface area contributed by atoms with E-state index in [2.05, 4.69) is 15.4 Å². The molecule has 0 bridgehead atoms. The van der Waals surface area contributed by atoms with Crippen LogP contribution < -0.4 is 15.5 Å². The standard InChI is InChI=1S/C19H26N8O3/c1-4-25(3)19-23-15-11-13(5-6-27(15)24-19)22-17(28)16(21-2)14(12-20)18(29)26-7-9-30-10-8-26/h5-6,11-12,20-21H,4,7-10H2,1-3H3,(H,22,28)/p+1/b16-14+,20-12?. The zero-order valence-electron chi connectivity index (χ0n) is 17.4. The van der Waals surface area contributed by atoms with Crippen LogP contribution in [0.15, 0.2) is 29.6 Å². The Morgan fingerprint density at radius 3 is 2.77 bits per heavy atom. The second kappa shape index (κ2) is 9.46. The van der Waals surface area contributed by atoms with E-state index in [4.69, 9.17) is 10.1 Å². The number of anilines is 2. The summed E-state index contributed by atoms with van der Waals surface area (Å²) in [5, 5.41) is 16.4. The van der Waals surface area contributed by atoms with Gasteiger partial charge in [-0.2, -0.15) is 4.98 Å². The molecule has 0 spiro atoms. The van der Waals surface area contributed by atoms with Crippen LogP contribution in [0.1, 0.15) is 6.92 Å². The van der Waals surface area contributed by atoms with Crippen LogP contribution in [0, 0.1) is 5.41 Å². The van der Waals surface area contributed by atoms with E-state index >= 15 is 0 Å². The fourth-order valence-corrected chi connectivity index (χ4v) is 3.05. The Balaban J connectivity index is 1.83. The molecule has 1 aliphatic rings. The lowest BCUT2D eigenvalue weighted by Gasteiger charge is -2.27. The zero-order valence-corrected chi connectivity index (χ0v) is 17.4. The number of carbonyl (C=O) groups excluding carboxylic acids is 2. The Morgan fingerprint density at radius 1 is 1.40 bits per heavy atom. The van der Waals surface area contributed by atoms with Crippen molar-refractivity contribution >= 4 is 35.3 Å². The van der Waals surface area contributed by atoms with Crippen LogP contribution in [0.25, 0.3) is 5.65 Å². The van der Waals surface area contributed by atoms with E-state index in [1.807, 2.05) is 18.9 Å². The molecule has 1 aliphatic heterocycles. The number of amides is 2. The van der Waals surface area contributed by atoms with Crippen molar-refractivity contribution in [2.75, 3.05) is 57.2 Å². The van der Waals surface area contributed by atoms with Gasteiger partial charge in [0.1, 0.15) is 5.57 Å². The van der Waals surface area contributed by atoms with E-state index < -0.39 is 5.91 Å². The van der Waals surface area contributed by atoms with E-state index in [-0.39, 0.29) is 17.2 Å². The van der Waals surface area contributed by atoms with Crippen molar-refractivity contribution in [3.8, 4) is 0 Å². The van der Waals surface area contributed by atoms with Crippen LogP contribution in [0.4, 0.5) is 11.6 Å². The molecule has 0 saturated carbocycles. The fourth-order valence-electron chi connectivity index (χ4n) is 3.05. The summed E-state index contributed by atoms with van der Waals surface area (Å²) >= 11 is 0. The molecule has 4 N–H and O–H groups in total. The molecule has 0 radical (unpaired) electrons. The maximum Gasteiger partial charge on any atom is 0.310 e.